The molecule has 0 radical (unpaired) electrons. The lowest BCUT2D eigenvalue weighted by Crippen LogP contribution is -2.30. The maximum Gasteiger partial charge on any atom is 0.322 e. The first-order valence-electron chi connectivity index (χ1n) is 3.72. The lowest BCUT2D eigenvalue weighted by atomic mass is 10.1. The van der Waals surface area contributed by atoms with Gasteiger partial charge < -0.3 is 10.3 Å². The number of nitrogens with zero attached hydrogens (tertiary/aromatic N) is 2. The topological polar surface area (TPSA) is 64.9 Å². The molecule has 0 saturated heterocycles. The molecular weight excluding hydrogens is 180 g/mol. The largest absolute Gasteiger partial charge is 0.333 e. The zero-order valence-corrected chi connectivity index (χ0v) is 7.64. The van der Waals surface area contributed by atoms with Crippen LogP contribution in [0.1, 0.15) is 32.5 Å². The van der Waals surface area contributed by atoms with E-state index in [2.05, 4.69) is 14.7 Å². The van der Waals surface area contributed by atoms with Crippen LogP contribution in [0.2, 0.25) is 0 Å². The summed E-state index contributed by atoms with van der Waals surface area (Å²) in [7, 11) is 0. The summed E-state index contributed by atoms with van der Waals surface area (Å²) < 4.78 is 29.6. The summed E-state index contributed by atoms with van der Waals surface area (Å²) in [5.41, 5.74) is 4.72. The summed E-state index contributed by atoms with van der Waals surface area (Å²) in [6.07, 6.45) is 0. The zero-order chi connectivity index (χ0) is 10.3. The van der Waals surface area contributed by atoms with E-state index >= 15 is 0 Å². The SMILES string of the molecule is CC(C)(N)c1noc(C(C)(F)F)n1. The van der Waals surface area contributed by atoms with Gasteiger partial charge in [0.15, 0.2) is 5.82 Å². The van der Waals surface area contributed by atoms with Crippen LogP contribution in [0.25, 0.3) is 0 Å². The minimum absolute atomic E-state index is 0.0732. The van der Waals surface area contributed by atoms with Gasteiger partial charge in [-0.2, -0.15) is 13.8 Å². The number of alkyl halides is 2. The van der Waals surface area contributed by atoms with Crippen molar-refractivity contribution < 1.29 is 13.3 Å². The molecule has 0 bridgehead atoms. The maximum atomic E-state index is 12.6. The molecule has 1 heterocycles. The van der Waals surface area contributed by atoms with E-state index in [1.165, 1.54) is 0 Å². The Hall–Kier alpha value is -1.04. The van der Waals surface area contributed by atoms with Crippen molar-refractivity contribution in [3.63, 3.8) is 0 Å². The summed E-state index contributed by atoms with van der Waals surface area (Å²) in [6.45, 7) is 3.90. The molecule has 13 heavy (non-hydrogen) atoms. The van der Waals surface area contributed by atoms with Crippen LogP contribution >= 0.6 is 0 Å². The van der Waals surface area contributed by atoms with Crippen LogP contribution in [-0.4, -0.2) is 10.1 Å². The average molecular weight is 191 g/mol. The number of hydrogen-bond acceptors (Lipinski definition) is 4. The molecule has 0 aromatic carbocycles. The third-order valence-corrected chi connectivity index (χ3v) is 1.38. The van der Waals surface area contributed by atoms with Crippen molar-refractivity contribution in [1.29, 1.82) is 0 Å². The van der Waals surface area contributed by atoms with Gasteiger partial charge in [0.2, 0.25) is 0 Å². The van der Waals surface area contributed by atoms with Crippen LogP contribution in [-0.2, 0) is 11.5 Å². The first-order valence-corrected chi connectivity index (χ1v) is 3.72. The highest BCUT2D eigenvalue weighted by Gasteiger charge is 2.34. The molecule has 2 N–H and O–H groups in total. The molecule has 0 aliphatic carbocycles. The second-order valence-electron chi connectivity index (χ2n) is 3.53. The highest BCUT2D eigenvalue weighted by atomic mass is 19.3. The van der Waals surface area contributed by atoms with Gasteiger partial charge in [0.05, 0.1) is 5.54 Å². The molecule has 0 saturated carbocycles. The normalized spacial score (nSPS) is 13.4. The summed E-state index contributed by atoms with van der Waals surface area (Å²) >= 11 is 0. The molecule has 0 aliphatic rings. The Labute approximate surface area is 74.1 Å². The highest BCUT2D eigenvalue weighted by Crippen LogP contribution is 2.26. The van der Waals surface area contributed by atoms with Crippen molar-refractivity contribution in [3.8, 4) is 0 Å². The third kappa shape index (κ3) is 2.21. The van der Waals surface area contributed by atoms with Crippen molar-refractivity contribution in [3.05, 3.63) is 11.7 Å². The van der Waals surface area contributed by atoms with E-state index in [1.807, 2.05) is 0 Å². The first-order chi connectivity index (χ1) is 5.71. The van der Waals surface area contributed by atoms with E-state index in [1.54, 1.807) is 13.8 Å². The molecular formula is C7H11F2N3O. The van der Waals surface area contributed by atoms with Gasteiger partial charge in [0.1, 0.15) is 0 Å². The Morgan fingerprint density at radius 1 is 1.31 bits per heavy atom. The quantitative estimate of drug-likeness (QED) is 0.766. The standard InChI is InChI=1S/C7H11F2N3O/c1-6(2,10)4-11-5(13-12-4)7(3,8)9/h10H2,1-3H3. The van der Waals surface area contributed by atoms with Crippen molar-refractivity contribution in [2.75, 3.05) is 0 Å². The van der Waals surface area contributed by atoms with Crippen LogP contribution in [0, 0.1) is 0 Å². The van der Waals surface area contributed by atoms with Crippen molar-refractivity contribution in [2.24, 2.45) is 5.73 Å². The monoisotopic (exact) mass is 191 g/mol. The molecule has 6 heteroatoms. The van der Waals surface area contributed by atoms with Gasteiger partial charge in [-0.05, 0) is 13.8 Å². The molecule has 4 nitrogen and oxygen atoms in total. The van der Waals surface area contributed by atoms with Crippen LogP contribution in [0.15, 0.2) is 4.52 Å². The van der Waals surface area contributed by atoms with Crippen molar-refractivity contribution >= 4 is 0 Å². The van der Waals surface area contributed by atoms with Gasteiger partial charge in [-0.15, -0.1) is 0 Å². The first kappa shape index (κ1) is 10.0. The number of aromatic nitrogens is 2. The minimum Gasteiger partial charge on any atom is -0.333 e. The van der Waals surface area contributed by atoms with Crippen molar-refractivity contribution in [2.45, 2.75) is 32.2 Å². The molecule has 1 aromatic heterocycles. The van der Waals surface area contributed by atoms with Crippen LogP contribution < -0.4 is 5.73 Å². The predicted molar refractivity (Wildman–Crippen MR) is 41.1 cm³/mol. The molecule has 0 aliphatic heterocycles. The summed E-state index contributed by atoms with van der Waals surface area (Å²) in [5.74, 6) is -3.75. The van der Waals surface area contributed by atoms with E-state index in [9.17, 15) is 8.78 Å². The fraction of sp³-hybridized carbons (Fsp3) is 0.714. The smallest absolute Gasteiger partial charge is 0.322 e. The van der Waals surface area contributed by atoms with Crippen LogP contribution in [0.5, 0.6) is 0 Å². The average Bonchev–Trinajstić information content (AvgIpc) is 2.28. The molecule has 0 spiro atoms. The van der Waals surface area contributed by atoms with Crippen LogP contribution in [0.4, 0.5) is 8.78 Å². The third-order valence-electron chi connectivity index (χ3n) is 1.38. The van der Waals surface area contributed by atoms with E-state index in [4.69, 9.17) is 5.73 Å². The Morgan fingerprint density at radius 2 is 1.85 bits per heavy atom. The number of rotatable bonds is 2. The predicted octanol–water partition coefficient (Wildman–Crippen LogP) is 1.38. The molecule has 0 amide bonds. The Kier molecular flexibility index (Phi) is 2.11. The second-order valence-corrected chi connectivity index (χ2v) is 3.53. The Bertz CT molecular complexity index is 269. The van der Waals surface area contributed by atoms with E-state index in [-0.39, 0.29) is 5.82 Å². The van der Waals surface area contributed by atoms with E-state index in [0.29, 0.717) is 6.92 Å². The fourth-order valence-electron chi connectivity index (χ4n) is 0.664. The second kappa shape index (κ2) is 2.73. The molecule has 0 unspecified atom stereocenters. The summed E-state index contributed by atoms with van der Waals surface area (Å²) in [5, 5.41) is 3.36. The van der Waals surface area contributed by atoms with E-state index in [0.717, 1.165) is 0 Å². The van der Waals surface area contributed by atoms with Gasteiger partial charge in [-0.1, -0.05) is 5.16 Å². The Balaban J connectivity index is 3.01. The molecule has 0 fully saturated rings. The highest BCUT2D eigenvalue weighted by molar-refractivity contribution is 5.01. The lowest BCUT2D eigenvalue weighted by Gasteiger charge is -2.11. The van der Waals surface area contributed by atoms with Gasteiger partial charge in [0.25, 0.3) is 5.89 Å². The van der Waals surface area contributed by atoms with Gasteiger partial charge in [-0.3, -0.25) is 0 Å². The summed E-state index contributed by atoms with van der Waals surface area (Å²) in [4.78, 5) is 3.50. The maximum absolute atomic E-state index is 12.6. The number of nitrogens with two attached hydrogens (primary N) is 1. The molecule has 1 aromatic rings. The van der Waals surface area contributed by atoms with Gasteiger partial charge in [0, 0.05) is 6.92 Å². The number of hydrogen-bond donors (Lipinski definition) is 1. The fourth-order valence-corrected chi connectivity index (χ4v) is 0.664. The molecule has 74 valence electrons. The zero-order valence-electron chi connectivity index (χ0n) is 7.64. The van der Waals surface area contributed by atoms with Crippen molar-refractivity contribution in [1.82, 2.24) is 10.1 Å². The summed E-state index contributed by atoms with van der Waals surface area (Å²) in [6, 6.07) is 0. The molecule has 0 atom stereocenters. The number of halogens is 2. The van der Waals surface area contributed by atoms with E-state index < -0.39 is 17.4 Å². The molecule has 1 rings (SSSR count). The lowest BCUT2D eigenvalue weighted by molar-refractivity contribution is -0.0158. The van der Waals surface area contributed by atoms with Crippen LogP contribution in [0.3, 0.4) is 0 Å². The minimum atomic E-state index is -3.11. The van der Waals surface area contributed by atoms with Gasteiger partial charge in [-0.25, -0.2) is 0 Å². The van der Waals surface area contributed by atoms with Gasteiger partial charge >= 0.3 is 5.92 Å². The Morgan fingerprint density at radius 3 is 2.08 bits per heavy atom.